The molecule has 11 heteroatoms. The second kappa shape index (κ2) is 6.72. The van der Waals surface area contributed by atoms with Crippen LogP contribution in [0.2, 0.25) is 0 Å². The molecule has 130 valence electrons. The monoisotopic (exact) mass is 368 g/mol. The van der Waals surface area contributed by atoms with Gasteiger partial charge in [0, 0.05) is 17.1 Å². The lowest BCUT2D eigenvalue weighted by atomic mass is 10.2. The van der Waals surface area contributed by atoms with Crippen molar-refractivity contribution >= 4 is 28.4 Å². The molecule has 4 aromatic rings. The van der Waals surface area contributed by atoms with Crippen molar-refractivity contribution in [3.63, 3.8) is 0 Å². The van der Waals surface area contributed by atoms with E-state index in [1.54, 1.807) is 24.3 Å². The van der Waals surface area contributed by atoms with E-state index in [4.69, 9.17) is 4.74 Å². The quantitative estimate of drug-likeness (QED) is 0.418. The molecule has 1 aromatic carbocycles. The fourth-order valence-electron chi connectivity index (χ4n) is 2.31. The molecule has 4 rings (SSSR count). The summed E-state index contributed by atoms with van der Waals surface area (Å²) >= 11 is 1.48. The predicted molar refractivity (Wildman–Crippen MR) is 93.8 cm³/mol. The van der Waals surface area contributed by atoms with Crippen LogP contribution in [0.1, 0.15) is 16.1 Å². The average Bonchev–Trinajstić information content (AvgIpc) is 3.40. The van der Waals surface area contributed by atoms with Gasteiger partial charge in [-0.3, -0.25) is 9.20 Å². The molecule has 1 amide bonds. The van der Waals surface area contributed by atoms with Crippen molar-refractivity contribution in [3.8, 4) is 11.6 Å². The predicted octanol–water partition coefficient (Wildman–Crippen LogP) is 1.14. The molecule has 0 aliphatic carbocycles. The van der Waals surface area contributed by atoms with Gasteiger partial charge >= 0.3 is 0 Å². The lowest BCUT2D eigenvalue weighted by Gasteiger charge is -2.02. The van der Waals surface area contributed by atoms with Crippen molar-refractivity contribution < 1.29 is 9.53 Å². The summed E-state index contributed by atoms with van der Waals surface area (Å²) in [5, 5.41) is 16.8. The third-order valence-electron chi connectivity index (χ3n) is 3.55. The Morgan fingerprint density at radius 3 is 2.92 bits per heavy atom. The number of methoxy groups -OCH3 is 1. The number of nitrogens with zero attached hydrogens (tertiary/aromatic N) is 7. The number of benzene rings is 1. The largest absolute Gasteiger partial charge is 0.479 e. The summed E-state index contributed by atoms with van der Waals surface area (Å²) in [5.74, 6) is 0.107. The summed E-state index contributed by atoms with van der Waals surface area (Å²) in [6, 6.07) is 6.81. The number of nitrogens with one attached hydrogen (secondary N) is 1. The van der Waals surface area contributed by atoms with Crippen LogP contribution in [0.3, 0.4) is 0 Å². The fourth-order valence-corrected chi connectivity index (χ4v) is 3.03. The Morgan fingerprint density at radius 2 is 2.19 bits per heavy atom. The van der Waals surface area contributed by atoms with Gasteiger partial charge in [-0.2, -0.15) is 10.1 Å². The minimum atomic E-state index is -0.338. The van der Waals surface area contributed by atoms with Crippen LogP contribution in [0.4, 0.5) is 0 Å². The normalized spacial score (nSPS) is 11.3. The van der Waals surface area contributed by atoms with Gasteiger partial charge in [0.2, 0.25) is 5.88 Å². The lowest BCUT2D eigenvalue weighted by molar-refractivity contribution is 0.0955. The zero-order valence-electron chi connectivity index (χ0n) is 13.5. The van der Waals surface area contributed by atoms with Gasteiger partial charge in [-0.15, -0.1) is 16.4 Å². The molecule has 0 spiro atoms. The zero-order chi connectivity index (χ0) is 17.9. The number of thiazole rings is 1. The van der Waals surface area contributed by atoms with Gasteiger partial charge in [0.15, 0.2) is 4.96 Å². The summed E-state index contributed by atoms with van der Waals surface area (Å²) in [6.45, 7) is 0. The van der Waals surface area contributed by atoms with Gasteiger partial charge < -0.3 is 4.74 Å². The standard InChI is InChI=1S/C15H12N8O2S/c1-25-14-12(22-6-7-26-15(22)18-14)8-16-19-13(24)10-2-4-11(5-3-10)23-9-17-20-21-23/h2-9H,1H3,(H,19,24)/b16-8+. The van der Waals surface area contributed by atoms with Crippen LogP contribution in [-0.4, -0.2) is 48.8 Å². The van der Waals surface area contributed by atoms with Crippen LogP contribution in [0.15, 0.2) is 47.3 Å². The molecule has 26 heavy (non-hydrogen) atoms. The Kier molecular flexibility index (Phi) is 4.11. The molecule has 0 saturated heterocycles. The fraction of sp³-hybridized carbons (Fsp3) is 0.0667. The molecule has 0 bridgehead atoms. The Hall–Kier alpha value is -3.60. The molecule has 0 aliphatic heterocycles. The minimum absolute atomic E-state index is 0.338. The lowest BCUT2D eigenvalue weighted by Crippen LogP contribution is -2.17. The molecule has 0 fully saturated rings. The second-order valence-electron chi connectivity index (χ2n) is 5.06. The number of aromatic nitrogens is 6. The van der Waals surface area contributed by atoms with Crippen molar-refractivity contribution in [2.75, 3.05) is 7.11 Å². The van der Waals surface area contributed by atoms with Gasteiger partial charge in [0.05, 0.1) is 19.0 Å². The highest BCUT2D eigenvalue weighted by Crippen LogP contribution is 2.21. The van der Waals surface area contributed by atoms with Gasteiger partial charge in [0.1, 0.15) is 12.0 Å². The third kappa shape index (κ3) is 2.91. The van der Waals surface area contributed by atoms with Crippen LogP contribution in [0, 0.1) is 0 Å². The number of carbonyl (C=O) groups is 1. The topological polar surface area (TPSA) is 112 Å². The number of ether oxygens (including phenoxy) is 1. The maximum Gasteiger partial charge on any atom is 0.271 e. The van der Waals surface area contributed by atoms with Crippen LogP contribution in [0.25, 0.3) is 10.6 Å². The number of hydrazone groups is 1. The number of rotatable bonds is 5. The number of carbonyl (C=O) groups excluding carboxylic acids is 1. The molecule has 3 heterocycles. The summed E-state index contributed by atoms with van der Waals surface area (Å²) in [5.41, 5.74) is 4.35. The first-order valence-electron chi connectivity index (χ1n) is 7.42. The maximum absolute atomic E-state index is 12.2. The van der Waals surface area contributed by atoms with Gasteiger partial charge in [0.25, 0.3) is 5.91 Å². The summed E-state index contributed by atoms with van der Waals surface area (Å²) in [6.07, 6.45) is 4.83. The average molecular weight is 368 g/mol. The molecule has 0 aliphatic rings. The number of fused-ring (bicyclic) bond motifs is 1. The molecule has 1 N–H and O–H groups in total. The van der Waals surface area contributed by atoms with Crippen molar-refractivity contribution in [2.45, 2.75) is 0 Å². The van der Waals surface area contributed by atoms with Gasteiger partial charge in [-0.25, -0.2) is 10.1 Å². The van der Waals surface area contributed by atoms with E-state index in [2.05, 4.69) is 31.0 Å². The summed E-state index contributed by atoms with van der Waals surface area (Å²) in [7, 11) is 1.54. The first kappa shape index (κ1) is 15.9. The van der Waals surface area contributed by atoms with Crippen molar-refractivity contribution in [1.82, 2.24) is 35.0 Å². The van der Waals surface area contributed by atoms with E-state index >= 15 is 0 Å². The van der Waals surface area contributed by atoms with E-state index < -0.39 is 0 Å². The molecule has 0 atom stereocenters. The molecule has 3 aromatic heterocycles. The number of imidazole rings is 1. The Bertz CT molecular complexity index is 1070. The highest BCUT2D eigenvalue weighted by atomic mass is 32.1. The van der Waals surface area contributed by atoms with Crippen LogP contribution in [0.5, 0.6) is 5.88 Å². The first-order chi connectivity index (χ1) is 12.8. The van der Waals surface area contributed by atoms with E-state index in [9.17, 15) is 4.79 Å². The van der Waals surface area contributed by atoms with Crippen LogP contribution < -0.4 is 10.2 Å². The Morgan fingerprint density at radius 1 is 1.35 bits per heavy atom. The van der Waals surface area contributed by atoms with E-state index in [0.29, 0.717) is 17.1 Å². The second-order valence-corrected chi connectivity index (χ2v) is 5.94. The zero-order valence-corrected chi connectivity index (χ0v) is 14.3. The smallest absolute Gasteiger partial charge is 0.271 e. The molecular formula is C15H12N8O2S. The maximum atomic E-state index is 12.2. The van der Waals surface area contributed by atoms with Crippen molar-refractivity contribution in [1.29, 1.82) is 0 Å². The molecule has 0 radical (unpaired) electrons. The van der Waals surface area contributed by atoms with E-state index in [1.165, 1.54) is 35.7 Å². The van der Waals surface area contributed by atoms with Gasteiger partial charge in [-0.1, -0.05) is 0 Å². The van der Waals surface area contributed by atoms with Gasteiger partial charge in [-0.05, 0) is 34.7 Å². The summed E-state index contributed by atoms with van der Waals surface area (Å²) in [4.78, 5) is 17.3. The SMILES string of the molecule is COc1nc2sccn2c1/C=N/NC(=O)c1ccc(-n2cnnn2)cc1. The highest BCUT2D eigenvalue weighted by Gasteiger charge is 2.12. The van der Waals surface area contributed by atoms with E-state index in [1.807, 2.05) is 16.0 Å². The summed E-state index contributed by atoms with van der Waals surface area (Å²) < 4.78 is 8.56. The number of hydrogen-bond acceptors (Lipinski definition) is 8. The molecule has 10 nitrogen and oxygen atoms in total. The number of hydrogen-bond donors (Lipinski definition) is 1. The highest BCUT2D eigenvalue weighted by molar-refractivity contribution is 7.15. The van der Waals surface area contributed by atoms with Crippen LogP contribution in [-0.2, 0) is 0 Å². The number of tetrazole rings is 1. The molecule has 0 saturated carbocycles. The third-order valence-corrected chi connectivity index (χ3v) is 4.31. The van der Waals surface area contributed by atoms with Crippen LogP contribution >= 0.6 is 11.3 Å². The van der Waals surface area contributed by atoms with E-state index in [0.717, 1.165) is 10.6 Å². The van der Waals surface area contributed by atoms with Crippen molar-refractivity contribution in [2.24, 2.45) is 5.10 Å². The van der Waals surface area contributed by atoms with E-state index in [-0.39, 0.29) is 5.91 Å². The first-order valence-corrected chi connectivity index (χ1v) is 8.30. The number of amides is 1. The Labute approximate surface area is 150 Å². The molecular weight excluding hydrogens is 356 g/mol. The van der Waals surface area contributed by atoms with Crippen molar-refractivity contribution in [3.05, 3.63) is 53.4 Å². The molecule has 0 unspecified atom stereocenters. The Balaban J connectivity index is 1.48. The minimum Gasteiger partial charge on any atom is -0.479 e.